The summed E-state index contributed by atoms with van der Waals surface area (Å²) in [6.45, 7) is 3.58. The van der Waals surface area contributed by atoms with Gasteiger partial charge in [-0.2, -0.15) is 0 Å². The molecule has 1 aromatic rings. The second-order valence-corrected chi connectivity index (χ2v) is 5.75. The second kappa shape index (κ2) is 6.95. The molecule has 20 heavy (non-hydrogen) atoms. The fraction of sp³-hybridized carbons (Fsp3) is 0.533. The van der Waals surface area contributed by atoms with E-state index in [9.17, 15) is 9.90 Å². The largest absolute Gasteiger partial charge is 0.393 e. The van der Waals surface area contributed by atoms with Crippen LogP contribution in [0.3, 0.4) is 0 Å². The number of hydrogen-bond donors (Lipinski definition) is 2. The number of carbonyl (C=O) groups is 1. The Balaban J connectivity index is 1.87. The molecule has 0 aromatic heterocycles. The number of benzene rings is 1. The lowest BCUT2D eigenvalue weighted by molar-refractivity contribution is 0.0738. The number of aliphatic hydroxyl groups is 1. The van der Waals surface area contributed by atoms with E-state index in [1.807, 2.05) is 24.3 Å². The topological polar surface area (TPSA) is 52.6 Å². The van der Waals surface area contributed by atoms with Crippen LogP contribution in [0.1, 0.15) is 25.3 Å². The Labute approximate surface area is 124 Å². The van der Waals surface area contributed by atoms with Crippen LogP contribution in [-0.4, -0.2) is 35.2 Å². The summed E-state index contributed by atoms with van der Waals surface area (Å²) in [6, 6.07) is 7.39. The molecule has 2 amide bonds. The number of rotatable bonds is 3. The van der Waals surface area contributed by atoms with Crippen molar-refractivity contribution in [2.75, 3.05) is 13.1 Å². The summed E-state index contributed by atoms with van der Waals surface area (Å²) in [5, 5.41) is 13.2. The van der Waals surface area contributed by atoms with Crippen LogP contribution in [-0.2, 0) is 6.54 Å². The van der Waals surface area contributed by atoms with E-state index in [2.05, 4.69) is 5.32 Å². The van der Waals surface area contributed by atoms with Gasteiger partial charge in [0.05, 0.1) is 6.10 Å². The molecule has 2 N–H and O–H groups in total. The Hall–Kier alpha value is -1.26. The zero-order valence-electron chi connectivity index (χ0n) is 11.7. The van der Waals surface area contributed by atoms with Crippen molar-refractivity contribution in [2.45, 2.75) is 32.4 Å². The van der Waals surface area contributed by atoms with Crippen LogP contribution in [0.4, 0.5) is 4.79 Å². The molecular formula is C15H21ClN2O2. The van der Waals surface area contributed by atoms with Crippen LogP contribution in [0.15, 0.2) is 24.3 Å². The summed E-state index contributed by atoms with van der Waals surface area (Å²) >= 11 is 6.06. The first-order valence-corrected chi connectivity index (χ1v) is 7.40. The smallest absolute Gasteiger partial charge is 0.317 e. The lowest BCUT2D eigenvalue weighted by Gasteiger charge is -2.34. The third-order valence-electron chi connectivity index (χ3n) is 3.82. The maximum absolute atomic E-state index is 12.1. The van der Waals surface area contributed by atoms with Gasteiger partial charge >= 0.3 is 6.03 Å². The fourth-order valence-electron chi connectivity index (χ4n) is 2.51. The first-order chi connectivity index (χ1) is 9.58. The molecule has 2 atom stereocenters. The molecule has 4 nitrogen and oxygen atoms in total. The van der Waals surface area contributed by atoms with Crippen LogP contribution in [0, 0.1) is 5.92 Å². The normalized spacial score (nSPS) is 20.6. The quantitative estimate of drug-likeness (QED) is 0.901. The first-order valence-electron chi connectivity index (χ1n) is 7.02. The van der Waals surface area contributed by atoms with Gasteiger partial charge in [0, 0.05) is 30.6 Å². The van der Waals surface area contributed by atoms with Gasteiger partial charge in [-0.3, -0.25) is 0 Å². The van der Waals surface area contributed by atoms with Crippen LogP contribution >= 0.6 is 11.6 Å². The zero-order chi connectivity index (χ0) is 14.5. The number of likely N-dealkylation sites (tertiary alicyclic amines) is 1. The molecule has 0 spiro atoms. The van der Waals surface area contributed by atoms with E-state index in [1.54, 1.807) is 11.8 Å². The Morgan fingerprint density at radius 2 is 2.30 bits per heavy atom. The average molecular weight is 297 g/mol. The standard InChI is InChI=1S/C15H21ClN2O2/c1-11(19)13-6-4-8-18(10-13)15(20)17-9-12-5-2-3-7-14(12)16/h2-3,5,7,11,13,19H,4,6,8-10H2,1H3,(H,17,20). The Morgan fingerprint density at radius 3 is 3.00 bits per heavy atom. The zero-order valence-corrected chi connectivity index (χ0v) is 12.4. The number of aliphatic hydroxyl groups excluding tert-OH is 1. The summed E-state index contributed by atoms with van der Waals surface area (Å²) in [7, 11) is 0. The predicted molar refractivity (Wildman–Crippen MR) is 79.7 cm³/mol. The highest BCUT2D eigenvalue weighted by molar-refractivity contribution is 6.31. The highest BCUT2D eigenvalue weighted by atomic mass is 35.5. The van der Waals surface area contributed by atoms with Crippen molar-refractivity contribution in [1.82, 2.24) is 10.2 Å². The van der Waals surface area contributed by atoms with Crippen molar-refractivity contribution in [2.24, 2.45) is 5.92 Å². The van der Waals surface area contributed by atoms with E-state index in [0.29, 0.717) is 18.1 Å². The van der Waals surface area contributed by atoms with Gasteiger partial charge in [-0.05, 0) is 31.4 Å². The summed E-state index contributed by atoms with van der Waals surface area (Å²) in [5.41, 5.74) is 0.909. The van der Waals surface area contributed by atoms with Crippen LogP contribution in [0.25, 0.3) is 0 Å². The molecule has 1 aliphatic heterocycles. The van der Waals surface area contributed by atoms with Gasteiger partial charge in [-0.15, -0.1) is 0 Å². The van der Waals surface area contributed by atoms with E-state index in [4.69, 9.17) is 11.6 Å². The van der Waals surface area contributed by atoms with Crippen LogP contribution in [0.2, 0.25) is 5.02 Å². The molecule has 0 saturated carbocycles. The first kappa shape index (κ1) is 15.1. The summed E-state index contributed by atoms with van der Waals surface area (Å²) < 4.78 is 0. The molecule has 2 unspecified atom stereocenters. The van der Waals surface area contributed by atoms with E-state index >= 15 is 0 Å². The van der Waals surface area contributed by atoms with Crippen molar-refractivity contribution >= 4 is 17.6 Å². The van der Waals surface area contributed by atoms with Crippen LogP contribution in [0.5, 0.6) is 0 Å². The second-order valence-electron chi connectivity index (χ2n) is 5.34. The SMILES string of the molecule is CC(O)C1CCCN(C(=O)NCc2ccccc2Cl)C1. The number of urea groups is 1. The van der Waals surface area contributed by atoms with E-state index in [0.717, 1.165) is 24.9 Å². The number of nitrogens with one attached hydrogen (secondary N) is 1. The molecule has 2 rings (SSSR count). The lowest BCUT2D eigenvalue weighted by atomic mass is 9.94. The molecule has 5 heteroatoms. The minimum absolute atomic E-state index is 0.0877. The third kappa shape index (κ3) is 3.87. The number of piperidine rings is 1. The maximum Gasteiger partial charge on any atom is 0.317 e. The number of carbonyl (C=O) groups excluding carboxylic acids is 1. The van der Waals surface area contributed by atoms with Crippen molar-refractivity contribution in [3.63, 3.8) is 0 Å². The van der Waals surface area contributed by atoms with E-state index in [-0.39, 0.29) is 18.1 Å². The molecule has 0 aliphatic carbocycles. The van der Waals surface area contributed by atoms with Crippen LogP contribution < -0.4 is 5.32 Å². The summed E-state index contributed by atoms with van der Waals surface area (Å²) in [4.78, 5) is 13.9. The van der Waals surface area contributed by atoms with Crippen molar-refractivity contribution in [1.29, 1.82) is 0 Å². The van der Waals surface area contributed by atoms with Gasteiger partial charge in [-0.1, -0.05) is 29.8 Å². The van der Waals surface area contributed by atoms with Gasteiger partial charge in [0.15, 0.2) is 0 Å². The molecule has 1 aromatic carbocycles. The number of hydrogen-bond acceptors (Lipinski definition) is 2. The van der Waals surface area contributed by atoms with E-state index in [1.165, 1.54) is 0 Å². The van der Waals surface area contributed by atoms with Gasteiger partial charge < -0.3 is 15.3 Å². The molecule has 0 radical (unpaired) electrons. The molecular weight excluding hydrogens is 276 g/mol. The average Bonchev–Trinajstić information content (AvgIpc) is 2.46. The van der Waals surface area contributed by atoms with Gasteiger partial charge in [0.1, 0.15) is 0 Å². The lowest BCUT2D eigenvalue weighted by Crippen LogP contribution is -2.47. The molecule has 1 aliphatic rings. The Morgan fingerprint density at radius 1 is 1.55 bits per heavy atom. The highest BCUT2D eigenvalue weighted by Crippen LogP contribution is 2.20. The monoisotopic (exact) mass is 296 g/mol. The summed E-state index contributed by atoms with van der Waals surface area (Å²) in [5.74, 6) is 0.176. The van der Waals surface area contributed by atoms with Gasteiger partial charge in [0.2, 0.25) is 0 Å². The van der Waals surface area contributed by atoms with Gasteiger partial charge in [0.25, 0.3) is 0 Å². The number of halogens is 1. The Bertz CT molecular complexity index is 465. The van der Waals surface area contributed by atoms with Gasteiger partial charge in [-0.25, -0.2) is 4.79 Å². The van der Waals surface area contributed by atoms with Crippen molar-refractivity contribution in [3.05, 3.63) is 34.9 Å². The van der Waals surface area contributed by atoms with Crippen molar-refractivity contribution < 1.29 is 9.90 Å². The molecule has 0 bridgehead atoms. The Kier molecular flexibility index (Phi) is 5.26. The van der Waals surface area contributed by atoms with E-state index < -0.39 is 0 Å². The summed E-state index contributed by atoms with van der Waals surface area (Å²) in [6.07, 6.45) is 1.55. The number of amides is 2. The highest BCUT2D eigenvalue weighted by Gasteiger charge is 2.26. The third-order valence-corrected chi connectivity index (χ3v) is 4.18. The predicted octanol–water partition coefficient (Wildman–Crippen LogP) is 2.64. The molecule has 1 heterocycles. The minimum atomic E-state index is -0.367. The number of nitrogens with zero attached hydrogens (tertiary/aromatic N) is 1. The van der Waals surface area contributed by atoms with Crippen molar-refractivity contribution in [3.8, 4) is 0 Å². The fourth-order valence-corrected chi connectivity index (χ4v) is 2.72. The maximum atomic E-state index is 12.1. The molecule has 110 valence electrons. The minimum Gasteiger partial charge on any atom is -0.393 e. The molecule has 1 saturated heterocycles. The molecule has 1 fully saturated rings.